The van der Waals surface area contributed by atoms with Crippen LogP contribution in [0.5, 0.6) is 5.75 Å². The zero-order chi connectivity index (χ0) is 19.7. The van der Waals surface area contributed by atoms with Crippen molar-refractivity contribution in [2.24, 2.45) is 0 Å². The van der Waals surface area contributed by atoms with Crippen molar-refractivity contribution < 1.29 is 14.3 Å². The van der Waals surface area contributed by atoms with Gasteiger partial charge in [-0.3, -0.25) is 19.4 Å². The quantitative estimate of drug-likeness (QED) is 0.632. The van der Waals surface area contributed by atoms with Crippen LogP contribution in [0, 0.1) is 0 Å². The standard InChI is InChI=1S/C21H17ClN2O3S/c1-27-18-5-3-2-4-17(18)23-12-19(25)24(16-8-6-15(22)7-9-16)20(21(23)26)14-10-11-28-13-14/h2-11,13,20H,12H2,1H3. The van der Waals surface area contributed by atoms with E-state index in [1.165, 1.54) is 16.2 Å². The molecular weight excluding hydrogens is 396 g/mol. The van der Waals surface area contributed by atoms with Gasteiger partial charge in [0.15, 0.2) is 0 Å². The van der Waals surface area contributed by atoms with Gasteiger partial charge in [-0.1, -0.05) is 23.7 Å². The molecule has 0 N–H and O–H groups in total. The Labute approximate surface area is 171 Å². The van der Waals surface area contributed by atoms with Crippen molar-refractivity contribution in [1.29, 1.82) is 0 Å². The van der Waals surface area contributed by atoms with E-state index in [1.807, 2.05) is 29.0 Å². The predicted octanol–water partition coefficient (Wildman–Crippen LogP) is 4.53. The van der Waals surface area contributed by atoms with Gasteiger partial charge in [0.1, 0.15) is 18.3 Å². The van der Waals surface area contributed by atoms with E-state index >= 15 is 0 Å². The molecule has 1 unspecified atom stereocenters. The van der Waals surface area contributed by atoms with Crippen LogP contribution in [0.2, 0.25) is 5.02 Å². The number of nitrogens with zero attached hydrogens (tertiary/aromatic N) is 2. The number of halogens is 1. The fourth-order valence-electron chi connectivity index (χ4n) is 3.37. The third-order valence-electron chi connectivity index (χ3n) is 4.66. The van der Waals surface area contributed by atoms with Crippen LogP contribution in [0.15, 0.2) is 65.4 Å². The maximum absolute atomic E-state index is 13.5. The number of ether oxygens (including phenoxy) is 1. The number of piperazine rings is 1. The Bertz CT molecular complexity index is 1000. The molecule has 1 aliphatic heterocycles. The van der Waals surface area contributed by atoms with Crippen molar-refractivity contribution in [1.82, 2.24) is 0 Å². The van der Waals surface area contributed by atoms with Gasteiger partial charge in [0.05, 0.1) is 12.8 Å². The summed E-state index contributed by atoms with van der Waals surface area (Å²) in [6.07, 6.45) is 0. The third kappa shape index (κ3) is 3.25. The SMILES string of the molecule is COc1ccccc1N1CC(=O)N(c2ccc(Cl)cc2)C(c2ccsc2)C1=O. The van der Waals surface area contributed by atoms with E-state index in [0.29, 0.717) is 22.1 Å². The van der Waals surface area contributed by atoms with E-state index in [2.05, 4.69) is 0 Å². The molecule has 0 bridgehead atoms. The summed E-state index contributed by atoms with van der Waals surface area (Å²) in [4.78, 5) is 29.8. The van der Waals surface area contributed by atoms with Crippen LogP contribution in [0.25, 0.3) is 0 Å². The molecule has 3 aromatic rings. The lowest BCUT2D eigenvalue weighted by molar-refractivity contribution is -0.128. The van der Waals surface area contributed by atoms with E-state index in [-0.39, 0.29) is 18.4 Å². The minimum Gasteiger partial charge on any atom is -0.495 e. The topological polar surface area (TPSA) is 49.9 Å². The zero-order valence-corrected chi connectivity index (χ0v) is 16.6. The molecule has 142 valence electrons. The second kappa shape index (κ2) is 7.66. The molecule has 4 rings (SSSR count). The highest BCUT2D eigenvalue weighted by Crippen LogP contribution is 2.38. The summed E-state index contributed by atoms with van der Waals surface area (Å²) in [6.45, 7) is -0.0670. The van der Waals surface area contributed by atoms with Crippen LogP contribution < -0.4 is 14.5 Å². The average Bonchev–Trinajstić information content (AvgIpc) is 3.24. The Balaban J connectivity index is 1.80. The van der Waals surface area contributed by atoms with Crippen molar-refractivity contribution in [2.75, 3.05) is 23.5 Å². The molecule has 7 heteroatoms. The first kappa shape index (κ1) is 18.5. The van der Waals surface area contributed by atoms with E-state index in [0.717, 1.165) is 5.56 Å². The van der Waals surface area contributed by atoms with Crippen LogP contribution in [-0.4, -0.2) is 25.5 Å². The van der Waals surface area contributed by atoms with E-state index in [4.69, 9.17) is 16.3 Å². The summed E-state index contributed by atoms with van der Waals surface area (Å²) >= 11 is 7.48. The number of benzene rings is 2. The highest BCUT2D eigenvalue weighted by atomic mass is 35.5. The van der Waals surface area contributed by atoms with E-state index < -0.39 is 6.04 Å². The molecule has 2 amide bonds. The first-order valence-corrected chi connectivity index (χ1v) is 9.96. The molecule has 0 spiro atoms. The summed E-state index contributed by atoms with van der Waals surface area (Å²) < 4.78 is 5.40. The number of carbonyl (C=O) groups is 2. The average molecular weight is 413 g/mol. The summed E-state index contributed by atoms with van der Waals surface area (Å²) in [6, 6.07) is 15.3. The maximum atomic E-state index is 13.5. The molecule has 1 saturated heterocycles. The van der Waals surface area contributed by atoms with Gasteiger partial charge in [-0.25, -0.2) is 0 Å². The summed E-state index contributed by atoms with van der Waals surface area (Å²) in [5.74, 6) is 0.189. The van der Waals surface area contributed by atoms with Gasteiger partial charge < -0.3 is 4.74 Å². The van der Waals surface area contributed by atoms with E-state index in [9.17, 15) is 9.59 Å². The highest BCUT2D eigenvalue weighted by molar-refractivity contribution is 7.08. The van der Waals surface area contributed by atoms with Gasteiger partial charge in [-0.15, -0.1) is 0 Å². The van der Waals surface area contributed by atoms with Gasteiger partial charge in [-0.2, -0.15) is 11.3 Å². The number of hydrogen-bond acceptors (Lipinski definition) is 4. The molecule has 1 aliphatic rings. The van der Waals surface area contributed by atoms with Gasteiger partial charge >= 0.3 is 0 Å². The molecule has 2 aromatic carbocycles. The molecule has 2 heterocycles. The van der Waals surface area contributed by atoms with Gasteiger partial charge in [0.2, 0.25) is 5.91 Å². The third-order valence-corrected chi connectivity index (χ3v) is 5.61. The lowest BCUT2D eigenvalue weighted by atomic mass is 10.0. The predicted molar refractivity (Wildman–Crippen MR) is 111 cm³/mol. The molecule has 1 fully saturated rings. The molecule has 28 heavy (non-hydrogen) atoms. The van der Waals surface area contributed by atoms with Crippen LogP contribution in [0.4, 0.5) is 11.4 Å². The van der Waals surface area contributed by atoms with E-state index in [1.54, 1.807) is 48.4 Å². The number of rotatable bonds is 4. The van der Waals surface area contributed by atoms with Crippen molar-refractivity contribution in [3.05, 3.63) is 75.9 Å². The number of amides is 2. The number of hydrogen-bond donors (Lipinski definition) is 0. The fraction of sp³-hybridized carbons (Fsp3) is 0.143. The second-order valence-corrected chi connectivity index (χ2v) is 7.51. The van der Waals surface area contributed by atoms with Crippen molar-refractivity contribution in [2.45, 2.75) is 6.04 Å². The monoisotopic (exact) mass is 412 g/mol. The van der Waals surface area contributed by atoms with Crippen molar-refractivity contribution >= 4 is 46.1 Å². The molecule has 0 aliphatic carbocycles. The summed E-state index contributed by atoms with van der Waals surface area (Å²) in [5, 5.41) is 4.36. The molecule has 0 radical (unpaired) electrons. The number of thiophene rings is 1. The molecule has 0 saturated carbocycles. The Morgan fingerprint density at radius 1 is 1.07 bits per heavy atom. The minimum atomic E-state index is -0.751. The Morgan fingerprint density at radius 3 is 2.50 bits per heavy atom. The maximum Gasteiger partial charge on any atom is 0.255 e. The lowest BCUT2D eigenvalue weighted by Crippen LogP contribution is -2.56. The summed E-state index contributed by atoms with van der Waals surface area (Å²) in [5.41, 5.74) is 2.00. The van der Waals surface area contributed by atoms with Crippen LogP contribution in [0.3, 0.4) is 0 Å². The molecule has 1 aromatic heterocycles. The molecule has 5 nitrogen and oxygen atoms in total. The Hall–Kier alpha value is -2.83. The van der Waals surface area contributed by atoms with Crippen LogP contribution >= 0.6 is 22.9 Å². The Morgan fingerprint density at radius 2 is 1.82 bits per heavy atom. The molecule has 1 atom stereocenters. The Kier molecular flexibility index (Phi) is 5.07. The zero-order valence-electron chi connectivity index (χ0n) is 15.0. The highest BCUT2D eigenvalue weighted by Gasteiger charge is 2.42. The van der Waals surface area contributed by atoms with Gasteiger partial charge in [0, 0.05) is 10.7 Å². The fourth-order valence-corrected chi connectivity index (χ4v) is 4.17. The van der Waals surface area contributed by atoms with Gasteiger partial charge in [-0.05, 0) is 58.8 Å². The second-order valence-electron chi connectivity index (χ2n) is 6.30. The van der Waals surface area contributed by atoms with Crippen LogP contribution in [-0.2, 0) is 9.59 Å². The number of carbonyl (C=O) groups excluding carboxylic acids is 2. The largest absolute Gasteiger partial charge is 0.495 e. The smallest absolute Gasteiger partial charge is 0.255 e. The van der Waals surface area contributed by atoms with Gasteiger partial charge in [0.25, 0.3) is 5.91 Å². The lowest BCUT2D eigenvalue weighted by Gasteiger charge is -2.40. The first-order valence-electron chi connectivity index (χ1n) is 8.64. The molecular formula is C21H17ClN2O3S. The van der Waals surface area contributed by atoms with Crippen molar-refractivity contribution in [3.63, 3.8) is 0 Å². The van der Waals surface area contributed by atoms with Crippen molar-refractivity contribution in [3.8, 4) is 5.75 Å². The number of methoxy groups -OCH3 is 1. The van der Waals surface area contributed by atoms with Crippen LogP contribution in [0.1, 0.15) is 11.6 Å². The summed E-state index contributed by atoms with van der Waals surface area (Å²) in [7, 11) is 1.55. The minimum absolute atomic E-state index is 0.0670. The number of anilines is 2. The number of para-hydroxylation sites is 2. The normalized spacial score (nSPS) is 17.1. The first-order chi connectivity index (χ1) is 13.6.